The first-order valence-electron chi connectivity index (χ1n) is 4.77. The minimum atomic E-state index is -0.342. The zero-order valence-corrected chi connectivity index (χ0v) is 11.4. The highest BCUT2D eigenvalue weighted by molar-refractivity contribution is 9.10. The number of rotatable bonds is 3. The summed E-state index contributed by atoms with van der Waals surface area (Å²) in [5.41, 5.74) is 1.68. The van der Waals surface area contributed by atoms with Crippen LogP contribution in [-0.4, -0.2) is 0 Å². The molecule has 0 saturated heterocycles. The van der Waals surface area contributed by atoms with Crippen molar-refractivity contribution in [3.8, 4) is 0 Å². The molecule has 1 heterocycles. The summed E-state index contributed by atoms with van der Waals surface area (Å²) in [7, 11) is 0. The predicted molar refractivity (Wildman–Crippen MR) is 70.7 cm³/mol. The molecule has 0 amide bonds. The summed E-state index contributed by atoms with van der Waals surface area (Å²) >= 11 is 11.2. The number of halogens is 3. The summed E-state index contributed by atoms with van der Waals surface area (Å²) in [6, 6.07) is 6.91. The van der Waals surface area contributed by atoms with E-state index in [1.54, 1.807) is 23.5 Å². The summed E-state index contributed by atoms with van der Waals surface area (Å²) in [6.07, 6.45) is 0.643. The SMILES string of the molecule is Fc1cccc(Br)c1C(Cl)Cc1ccsc1. The number of alkyl halides is 1. The van der Waals surface area contributed by atoms with E-state index in [1.165, 1.54) is 6.07 Å². The fourth-order valence-corrected chi connectivity index (χ4v) is 3.36. The van der Waals surface area contributed by atoms with E-state index in [0.717, 1.165) is 10.0 Å². The first kappa shape index (κ1) is 12.1. The molecule has 4 heteroatoms. The highest BCUT2D eigenvalue weighted by atomic mass is 79.9. The molecule has 16 heavy (non-hydrogen) atoms. The van der Waals surface area contributed by atoms with Gasteiger partial charge in [-0.3, -0.25) is 0 Å². The summed E-state index contributed by atoms with van der Waals surface area (Å²) < 4.78 is 14.3. The summed E-state index contributed by atoms with van der Waals surface area (Å²) in [5, 5.41) is 3.68. The third-order valence-corrected chi connectivity index (χ3v) is 4.10. The number of thiophene rings is 1. The van der Waals surface area contributed by atoms with E-state index in [0.29, 0.717) is 12.0 Å². The van der Waals surface area contributed by atoms with E-state index in [9.17, 15) is 4.39 Å². The average molecular weight is 320 g/mol. The zero-order chi connectivity index (χ0) is 11.5. The quantitative estimate of drug-likeness (QED) is 0.684. The molecule has 0 aliphatic rings. The van der Waals surface area contributed by atoms with Gasteiger partial charge in [0.1, 0.15) is 5.82 Å². The van der Waals surface area contributed by atoms with Crippen molar-refractivity contribution in [2.75, 3.05) is 0 Å². The van der Waals surface area contributed by atoms with E-state index in [-0.39, 0.29) is 11.2 Å². The van der Waals surface area contributed by atoms with Gasteiger partial charge in [-0.25, -0.2) is 4.39 Å². The summed E-state index contributed by atoms with van der Waals surface area (Å²) in [6.45, 7) is 0. The van der Waals surface area contributed by atoms with Crippen molar-refractivity contribution in [2.45, 2.75) is 11.8 Å². The monoisotopic (exact) mass is 318 g/mol. The van der Waals surface area contributed by atoms with Crippen LogP contribution in [0.3, 0.4) is 0 Å². The van der Waals surface area contributed by atoms with Gasteiger partial charge in [-0.2, -0.15) is 11.3 Å². The Labute approximate surface area is 111 Å². The maximum absolute atomic E-state index is 13.6. The molecule has 0 N–H and O–H groups in total. The average Bonchev–Trinajstić information content (AvgIpc) is 2.70. The van der Waals surface area contributed by atoms with Gasteiger partial charge in [-0.15, -0.1) is 11.6 Å². The molecule has 0 spiro atoms. The van der Waals surface area contributed by atoms with Crippen LogP contribution >= 0.6 is 38.9 Å². The van der Waals surface area contributed by atoms with Gasteiger partial charge >= 0.3 is 0 Å². The Morgan fingerprint density at radius 2 is 2.19 bits per heavy atom. The van der Waals surface area contributed by atoms with Gasteiger partial charge in [-0.05, 0) is 40.9 Å². The lowest BCUT2D eigenvalue weighted by Crippen LogP contribution is -1.99. The molecular weight excluding hydrogens is 311 g/mol. The van der Waals surface area contributed by atoms with Gasteiger partial charge in [0.25, 0.3) is 0 Å². The molecular formula is C12H9BrClFS. The van der Waals surface area contributed by atoms with Crippen LogP contribution in [0.4, 0.5) is 4.39 Å². The van der Waals surface area contributed by atoms with Crippen molar-refractivity contribution in [3.63, 3.8) is 0 Å². The third kappa shape index (κ3) is 2.65. The highest BCUT2D eigenvalue weighted by Gasteiger charge is 2.16. The second kappa shape index (κ2) is 5.30. The van der Waals surface area contributed by atoms with Crippen LogP contribution in [0.25, 0.3) is 0 Å². The highest BCUT2D eigenvalue weighted by Crippen LogP contribution is 2.33. The minimum Gasteiger partial charge on any atom is -0.207 e. The molecule has 84 valence electrons. The van der Waals surface area contributed by atoms with Gasteiger partial charge in [0.15, 0.2) is 0 Å². The van der Waals surface area contributed by atoms with Gasteiger partial charge in [0.2, 0.25) is 0 Å². The van der Waals surface area contributed by atoms with Crippen LogP contribution < -0.4 is 0 Å². The van der Waals surface area contributed by atoms with E-state index < -0.39 is 0 Å². The largest absolute Gasteiger partial charge is 0.207 e. The van der Waals surface area contributed by atoms with Crippen LogP contribution in [0, 0.1) is 5.82 Å². The molecule has 1 aromatic heterocycles. The van der Waals surface area contributed by atoms with E-state index in [2.05, 4.69) is 15.9 Å². The van der Waals surface area contributed by atoms with E-state index in [4.69, 9.17) is 11.6 Å². The summed E-state index contributed by atoms with van der Waals surface area (Å²) in [4.78, 5) is 0. The van der Waals surface area contributed by atoms with Crippen LogP contribution in [-0.2, 0) is 6.42 Å². The lowest BCUT2D eigenvalue weighted by Gasteiger charge is -2.11. The van der Waals surface area contributed by atoms with Gasteiger partial charge in [-0.1, -0.05) is 22.0 Å². The molecule has 0 saturated carbocycles. The van der Waals surface area contributed by atoms with Gasteiger partial charge in [0, 0.05) is 10.0 Å². The number of hydrogen-bond acceptors (Lipinski definition) is 1. The molecule has 0 aliphatic carbocycles. The van der Waals surface area contributed by atoms with Crippen LogP contribution in [0.2, 0.25) is 0 Å². The van der Waals surface area contributed by atoms with Crippen molar-refractivity contribution in [2.24, 2.45) is 0 Å². The van der Waals surface area contributed by atoms with Crippen LogP contribution in [0.5, 0.6) is 0 Å². The molecule has 0 fully saturated rings. The lowest BCUT2D eigenvalue weighted by atomic mass is 10.1. The Morgan fingerprint density at radius 3 is 2.81 bits per heavy atom. The van der Waals surface area contributed by atoms with Crippen molar-refractivity contribution in [3.05, 3.63) is 56.4 Å². The molecule has 2 rings (SSSR count). The van der Waals surface area contributed by atoms with Crippen molar-refractivity contribution < 1.29 is 4.39 Å². The standard InChI is InChI=1S/C12H9BrClFS/c13-9-2-1-3-11(15)12(9)10(14)6-8-4-5-16-7-8/h1-5,7,10H,6H2. The molecule has 1 unspecified atom stereocenters. The number of benzene rings is 1. The fraction of sp³-hybridized carbons (Fsp3) is 0.167. The Morgan fingerprint density at radius 1 is 1.38 bits per heavy atom. The molecule has 1 aromatic carbocycles. The Bertz CT molecular complexity index is 450. The smallest absolute Gasteiger partial charge is 0.129 e. The predicted octanol–water partition coefficient (Wildman–Crippen LogP) is 5.17. The van der Waals surface area contributed by atoms with Crippen LogP contribution in [0.15, 0.2) is 39.5 Å². The summed E-state index contributed by atoms with van der Waals surface area (Å²) in [5.74, 6) is -0.260. The van der Waals surface area contributed by atoms with Crippen LogP contribution in [0.1, 0.15) is 16.5 Å². The molecule has 0 bridgehead atoms. The van der Waals surface area contributed by atoms with E-state index >= 15 is 0 Å². The second-order valence-electron chi connectivity index (χ2n) is 3.44. The normalized spacial score (nSPS) is 12.7. The lowest BCUT2D eigenvalue weighted by molar-refractivity contribution is 0.604. The molecule has 0 aliphatic heterocycles. The maximum atomic E-state index is 13.6. The molecule has 2 aromatic rings. The Kier molecular flexibility index (Phi) is 4.00. The maximum Gasteiger partial charge on any atom is 0.129 e. The zero-order valence-electron chi connectivity index (χ0n) is 8.29. The Balaban J connectivity index is 2.24. The minimum absolute atomic E-state index is 0.260. The van der Waals surface area contributed by atoms with Gasteiger partial charge in [0.05, 0.1) is 5.38 Å². The molecule has 0 nitrogen and oxygen atoms in total. The first-order chi connectivity index (χ1) is 7.68. The third-order valence-electron chi connectivity index (χ3n) is 2.31. The van der Waals surface area contributed by atoms with Crippen molar-refractivity contribution in [1.29, 1.82) is 0 Å². The first-order valence-corrected chi connectivity index (χ1v) is 6.95. The second-order valence-corrected chi connectivity index (χ2v) is 5.60. The van der Waals surface area contributed by atoms with E-state index in [1.807, 2.05) is 16.8 Å². The van der Waals surface area contributed by atoms with Crippen molar-refractivity contribution in [1.82, 2.24) is 0 Å². The van der Waals surface area contributed by atoms with Gasteiger partial charge < -0.3 is 0 Å². The fourth-order valence-electron chi connectivity index (χ4n) is 1.53. The number of hydrogen-bond donors (Lipinski definition) is 0. The Hall–Kier alpha value is -0.380. The van der Waals surface area contributed by atoms with Crippen molar-refractivity contribution >= 4 is 38.9 Å². The molecule has 1 atom stereocenters. The topological polar surface area (TPSA) is 0 Å². The molecule has 0 radical (unpaired) electrons.